The van der Waals surface area contributed by atoms with Crippen LogP contribution in [0.1, 0.15) is 12.5 Å². The minimum atomic E-state index is -2.91. The van der Waals surface area contributed by atoms with Gasteiger partial charge in [0.05, 0.1) is 13.7 Å². The molecule has 0 saturated carbocycles. The van der Waals surface area contributed by atoms with Crippen molar-refractivity contribution >= 4 is 29.9 Å². The van der Waals surface area contributed by atoms with E-state index in [0.717, 1.165) is 5.56 Å². The number of nitrogens with zero attached hydrogens (tertiary/aromatic N) is 1. The Balaban J connectivity index is 0.00000529. The standard InChI is InChI=1S/C15H23F2N3O3.HI/c1-10(9-21-3)20-15(18-2)19-8-11-5-6-12(22-4)13(7-11)23-14(16)17;/h5-7,10,14H,8-9H2,1-4H3,(H2,18,19,20);1H. The zero-order valence-corrected chi connectivity index (χ0v) is 16.5. The van der Waals surface area contributed by atoms with Gasteiger partial charge in [0.15, 0.2) is 17.5 Å². The van der Waals surface area contributed by atoms with Gasteiger partial charge in [0.2, 0.25) is 0 Å². The topological polar surface area (TPSA) is 64.1 Å². The second kappa shape index (κ2) is 12.1. The van der Waals surface area contributed by atoms with Crippen LogP contribution >= 0.6 is 24.0 Å². The molecule has 1 unspecified atom stereocenters. The molecule has 138 valence electrons. The lowest BCUT2D eigenvalue weighted by molar-refractivity contribution is -0.0512. The number of ether oxygens (including phenoxy) is 3. The highest BCUT2D eigenvalue weighted by Crippen LogP contribution is 2.29. The van der Waals surface area contributed by atoms with Crippen LogP contribution in [0.4, 0.5) is 8.78 Å². The van der Waals surface area contributed by atoms with E-state index in [1.54, 1.807) is 26.3 Å². The lowest BCUT2D eigenvalue weighted by Crippen LogP contribution is -2.43. The van der Waals surface area contributed by atoms with E-state index in [0.29, 0.717) is 19.1 Å². The van der Waals surface area contributed by atoms with Gasteiger partial charge >= 0.3 is 6.61 Å². The van der Waals surface area contributed by atoms with Gasteiger partial charge in [-0.3, -0.25) is 4.99 Å². The van der Waals surface area contributed by atoms with Crippen molar-refractivity contribution in [2.24, 2.45) is 4.99 Å². The minimum Gasteiger partial charge on any atom is -0.493 e. The Kier molecular flexibility index (Phi) is 11.4. The monoisotopic (exact) mass is 459 g/mol. The first-order valence-electron chi connectivity index (χ1n) is 7.08. The molecule has 0 bridgehead atoms. The van der Waals surface area contributed by atoms with Gasteiger partial charge in [-0.25, -0.2) is 0 Å². The molecule has 9 heteroatoms. The number of alkyl halides is 2. The number of guanidine groups is 1. The Morgan fingerprint density at radius 1 is 1.25 bits per heavy atom. The summed E-state index contributed by atoms with van der Waals surface area (Å²) in [7, 11) is 4.67. The highest BCUT2D eigenvalue weighted by Gasteiger charge is 2.12. The molecule has 0 aliphatic carbocycles. The second-order valence-electron chi connectivity index (χ2n) is 4.79. The number of methoxy groups -OCH3 is 2. The van der Waals surface area contributed by atoms with Crippen LogP contribution in [0.3, 0.4) is 0 Å². The number of benzene rings is 1. The van der Waals surface area contributed by atoms with E-state index >= 15 is 0 Å². The zero-order chi connectivity index (χ0) is 17.2. The first kappa shape index (κ1) is 22.6. The van der Waals surface area contributed by atoms with Crippen LogP contribution in [0.5, 0.6) is 11.5 Å². The Morgan fingerprint density at radius 2 is 1.96 bits per heavy atom. The van der Waals surface area contributed by atoms with Crippen molar-refractivity contribution in [3.63, 3.8) is 0 Å². The van der Waals surface area contributed by atoms with E-state index in [2.05, 4.69) is 20.4 Å². The summed E-state index contributed by atoms with van der Waals surface area (Å²) < 4.78 is 39.3. The van der Waals surface area contributed by atoms with Crippen molar-refractivity contribution in [1.82, 2.24) is 10.6 Å². The average Bonchev–Trinajstić information content (AvgIpc) is 2.51. The quantitative estimate of drug-likeness (QED) is 0.356. The molecule has 1 aromatic carbocycles. The summed E-state index contributed by atoms with van der Waals surface area (Å²) in [4.78, 5) is 4.09. The van der Waals surface area contributed by atoms with Gasteiger partial charge in [0, 0.05) is 26.7 Å². The number of hydrogen-bond donors (Lipinski definition) is 2. The molecule has 0 amide bonds. The molecule has 0 aliphatic rings. The Bertz CT molecular complexity index is 519. The van der Waals surface area contributed by atoms with E-state index in [1.807, 2.05) is 6.92 Å². The highest BCUT2D eigenvalue weighted by atomic mass is 127. The fourth-order valence-electron chi connectivity index (χ4n) is 1.92. The molecule has 6 nitrogen and oxygen atoms in total. The molecule has 0 spiro atoms. The molecule has 0 aliphatic heterocycles. The summed E-state index contributed by atoms with van der Waals surface area (Å²) in [5.41, 5.74) is 0.754. The van der Waals surface area contributed by atoms with Crippen LogP contribution in [0.25, 0.3) is 0 Å². The lowest BCUT2D eigenvalue weighted by atomic mass is 10.2. The molecule has 0 heterocycles. The fourth-order valence-corrected chi connectivity index (χ4v) is 1.92. The molecule has 2 N–H and O–H groups in total. The van der Waals surface area contributed by atoms with Gasteiger partial charge in [-0.2, -0.15) is 8.78 Å². The van der Waals surface area contributed by atoms with E-state index < -0.39 is 6.61 Å². The number of rotatable bonds is 8. The van der Waals surface area contributed by atoms with E-state index in [1.165, 1.54) is 13.2 Å². The summed E-state index contributed by atoms with van der Waals surface area (Å²) in [6.45, 7) is -0.0203. The Labute approximate surface area is 158 Å². The van der Waals surface area contributed by atoms with E-state index in [4.69, 9.17) is 9.47 Å². The van der Waals surface area contributed by atoms with Crippen molar-refractivity contribution in [3.8, 4) is 11.5 Å². The molecule has 0 radical (unpaired) electrons. The normalized spacial score (nSPS) is 12.4. The van der Waals surface area contributed by atoms with Gasteiger partial charge in [0.1, 0.15) is 0 Å². The number of aliphatic imine (C=N–C) groups is 1. The van der Waals surface area contributed by atoms with Gasteiger partial charge in [-0.05, 0) is 24.6 Å². The number of nitrogens with one attached hydrogen (secondary N) is 2. The first-order valence-corrected chi connectivity index (χ1v) is 7.08. The van der Waals surface area contributed by atoms with Crippen LogP contribution in [0.15, 0.2) is 23.2 Å². The number of halogens is 3. The molecule has 1 aromatic rings. The maximum Gasteiger partial charge on any atom is 0.387 e. The van der Waals surface area contributed by atoms with Crippen molar-refractivity contribution < 1.29 is 23.0 Å². The summed E-state index contributed by atoms with van der Waals surface area (Å²) in [6, 6.07) is 4.93. The van der Waals surface area contributed by atoms with Crippen molar-refractivity contribution in [1.29, 1.82) is 0 Å². The van der Waals surface area contributed by atoms with Crippen molar-refractivity contribution in [3.05, 3.63) is 23.8 Å². The van der Waals surface area contributed by atoms with Gasteiger partial charge < -0.3 is 24.8 Å². The summed E-state index contributed by atoms with van der Waals surface area (Å²) in [5, 5.41) is 6.24. The van der Waals surface area contributed by atoms with Crippen LogP contribution in [0.2, 0.25) is 0 Å². The molecule has 1 atom stereocenters. The smallest absolute Gasteiger partial charge is 0.387 e. The van der Waals surface area contributed by atoms with E-state index in [9.17, 15) is 8.78 Å². The predicted molar refractivity (Wildman–Crippen MR) is 99.7 cm³/mol. The Hall–Kier alpha value is -1.36. The molecule has 24 heavy (non-hydrogen) atoms. The van der Waals surface area contributed by atoms with Gasteiger partial charge in [-0.1, -0.05) is 6.07 Å². The van der Waals surface area contributed by atoms with Crippen molar-refractivity contribution in [2.45, 2.75) is 26.1 Å². The molecule has 0 fully saturated rings. The van der Waals surface area contributed by atoms with Crippen LogP contribution in [-0.4, -0.2) is 46.5 Å². The summed E-state index contributed by atoms with van der Waals surface area (Å²) in [6.07, 6.45) is 0. The average molecular weight is 459 g/mol. The predicted octanol–water partition coefficient (Wildman–Crippen LogP) is 2.61. The molecule has 0 aromatic heterocycles. The first-order chi connectivity index (χ1) is 11.0. The summed E-state index contributed by atoms with van der Waals surface area (Å²) >= 11 is 0. The highest BCUT2D eigenvalue weighted by molar-refractivity contribution is 14.0. The third-order valence-electron chi connectivity index (χ3n) is 2.93. The lowest BCUT2D eigenvalue weighted by Gasteiger charge is -2.17. The van der Waals surface area contributed by atoms with Gasteiger partial charge in [0.25, 0.3) is 0 Å². The van der Waals surface area contributed by atoms with Crippen molar-refractivity contribution in [2.75, 3.05) is 27.9 Å². The maximum atomic E-state index is 12.4. The summed E-state index contributed by atoms with van der Waals surface area (Å²) in [5.74, 6) is 0.837. The molecular formula is C15H24F2IN3O3. The zero-order valence-electron chi connectivity index (χ0n) is 14.1. The maximum absolute atomic E-state index is 12.4. The minimum absolute atomic E-state index is 0. The third kappa shape index (κ3) is 7.95. The van der Waals surface area contributed by atoms with Crippen LogP contribution < -0.4 is 20.1 Å². The molecule has 0 saturated heterocycles. The fraction of sp³-hybridized carbons (Fsp3) is 0.533. The largest absolute Gasteiger partial charge is 0.493 e. The van der Waals surface area contributed by atoms with Crippen LogP contribution in [0, 0.1) is 0 Å². The third-order valence-corrected chi connectivity index (χ3v) is 2.93. The SMILES string of the molecule is CN=C(NCc1ccc(OC)c(OC(F)F)c1)NC(C)COC.I. The van der Waals surface area contributed by atoms with E-state index in [-0.39, 0.29) is 41.5 Å². The molecule has 1 rings (SSSR count). The number of hydrogen-bond acceptors (Lipinski definition) is 4. The molecular weight excluding hydrogens is 435 g/mol. The van der Waals surface area contributed by atoms with Gasteiger partial charge in [-0.15, -0.1) is 24.0 Å². The van der Waals surface area contributed by atoms with Crippen LogP contribution in [-0.2, 0) is 11.3 Å². The second-order valence-corrected chi connectivity index (χ2v) is 4.79. The Morgan fingerprint density at radius 3 is 2.50 bits per heavy atom.